The van der Waals surface area contributed by atoms with Crippen molar-refractivity contribution in [3.8, 4) is 5.75 Å². The molecule has 0 saturated carbocycles. The van der Waals surface area contributed by atoms with E-state index in [-0.39, 0.29) is 5.97 Å². The summed E-state index contributed by atoms with van der Waals surface area (Å²) in [7, 11) is 1.87. The normalized spacial score (nSPS) is 11.6. The Balaban J connectivity index is 1.97. The van der Waals surface area contributed by atoms with Crippen LogP contribution < -0.4 is 4.74 Å². The Morgan fingerprint density at radius 1 is 0.750 bits per heavy atom. The second-order valence-corrected chi connectivity index (χ2v) is 7.72. The largest absolute Gasteiger partial charge is 0.427 e. The van der Waals surface area contributed by atoms with Crippen molar-refractivity contribution in [3.63, 3.8) is 0 Å². The van der Waals surface area contributed by atoms with Gasteiger partial charge in [0.25, 0.3) is 0 Å². The molecule has 0 unspecified atom stereocenters. The molecule has 1 aromatic rings. The Kier molecular flexibility index (Phi) is 15.2. The zero-order chi connectivity index (χ0) is 20.3. The molecule has 1 rings (SSSR count). The minimum Gasteiger partial charge on any atom is -0.427 e. The summed E-state index contributed by atoms with van der Waals surface area (Å²) in [6.07, 6.45) is 18.3. The van der Waals surface area contributed by atoms with Gasteiger partial charge in [-0.2, -0.15) is 0 Å². The van der Waals surface area contributed by atoms with Crippen molar-refractivity contribution in [3.05, 3.63) is 30.3 Å². The van der Waals surface area contributed by atoms with Gasteiger partial charge in [-0.15, -0.1) is 0 Å². The monoisotopic (exact) mass is 387 g/mol. The average Bonchev–Trinajstić information content (AvgIpc) is 2.71. The molecule has 1 aromatic carbocycles. The summed E-state index contributed by atoms with van der Waals surface area (Å²) in [4.78, 5) is 16.3. The van der Waals surface area contributed by atoms with E-state index < -0.39 is 0 Å². The molecule has 0 bridgehead atoms. The van der Waals surface area contributed by atoms with Crippen LogP contribution in [0.3, 0.4) is 0 Å². The number of carbonyl (C=O) groups is 1. The second kappa shape index (κ2) is 17.5. The number of para-hydroxylation sites is 1. The highest BCUT2D eigenvalue weighted by molar-refractivity contribution is 5.84. The van der Waals surface area contributed by atoms with Crippen LogP contribution in [0.2, 0.25) is 0 Å². The van der Waals surface area contributed by atoms with Crippen LogP contribution in [-0.4, -0.2) is 18.7 Å². The lowest BCUT2D eigenvalue weighted by atomic mass is 10.0. The van der Waals surface area contributed by atoms with Crippen molar-refractivity contribution in [1.82, 2.24) is 0 Å². The van der Waals surface area contributed by atoms with Crippen LogP contribution in [0.1, 0.15) is 103 Å². The smallest absolute Gasteiger partial charge is 0.311 e. The number of esters is 1. The van der Waals surface area contributed by atoms with Crippen LogP contribution >= 0.6 is 0 Å². The van der Waals surface area contributed by atoms with E-state index in [0.29, 0.717) is 12.2 Å². The summed E-state index contributed by atoms with van der Waals surface area (Å²) in [5, 5.41) is 0. The summed E-state index contributed by atoms with van der Waals surface area (Å²) >= 11 is 0. The third-order valence-electron chi connectivity index (χ3n) is 5.21. The van der Waals surface area contributed by atoms with Gasteiger partial charge in [0, 0.05) is 19.2 Å². The molecule has 0 fully saturated rings. The minimum absolute atomic E-state index is 0.156. The second-order valence-electron chi connectivity index (χ2n) is 7.72. The van der Waals surface area contributed by atoms with Crippen molar-refractivity contribution < 1.29 is 9.53 Å². The maximum absolute atomic E-state index is 11.9. The highest BCUT2D eigenvalue weighted by Gasteiger charge is 2.06. The van der Waals surface area contributed by atoms with E-state index >= 15 is 0 Å². The highest BCUT2D eigenvalue weighted by atomic mass is 16.5. The highest BCUT2D eigenvalue weighted by Crippen LogP contribution is 2.14. The van der Waals surface area contributed by atoms with Crippen LogP contribution in [0.25, 0.3) is 0 Å². The van der Waals surface area contributed by atoms with Crippen molar-refractivity contribution in [2.75, 3.05) is 7.05 Å². The Morgan fingerprint density at radius 3 is 1.86 bits per heavy atom. The fraction of sp³-hybridized carbons (Fsp3) is 0.680. The molecule has 0 aromatic heterocycles. The fourth-order valence-corrected chi connectivity index (χ4v) is 3.45. The van der Waals surface area contributed by atoms with Gasteiger partial charge in [-0.25, -0.2) is 0 Å². The number of aliphatic imine (C=N–C) groups is 1. The van der Waals surface area contributed by atoms with Crippen molar-refractivity contribution in [1.29, 1.82) is 0 Å². The fourth-order valence-electron chi connectivity index (χ4n) is 3.45. The lowest BCUT2D eigenvalue weighted by Gasteiger charge is -2.07. The van der Waals surface area contributed by atoms with E-state index in [2.05, 4.69) is 11.9 Å². The number of hydrogen-bond donors (Lipinski definition) is 0. The number of nitrogens with zero attached hydrogens (tertiary/aromatic N) is 1. The summed E-state index contributed by atoms with van der Waals surface area (Å²) in [5.41, 5.74) is 1.24. The summed E-state index contributed by atoms with van der Waals surface area (Å²) in [6.45, 7) is 2.27. The van der Waals surface area contributed by atoms with Gasteiger partial charge in [-0.1, -0.05) is 89.3 Å². The Bertz CT molecular complexity index is 525. The summed E-state index contributed by atoms with van der Waals surface area (Å²) in [5.74, 6) is 0.467. The van der Waals surface area contributed by atoms with E-state index in [1.54, 1.807) is 0 Å². The molecule has 0 N–H and O–H groups in total. The zero-order valence-electron chi connectivity index (χ0n) is 18.3. The molecule has 0 aliphatic heterocycles. The maximum Gasteiger partial charge on any atom is 0.311 e. The Labute approximate surface area is 173 Å². The van der Waals surface area contributed by atoms with E-state index in [4.69, 9.17) is 4.74 Å². The lowest BCUT2D eigenvalue weighted by molar-refractivity contribution is -0.134. The first kappa shape index (κ1) is 24.4. The first-order valence-electron chi connectivity index (χ1n) is 11.5. The predicted octanol–water partition coefficient (Wildman–Crippen LogP) is 7.53. The average molecular weight is 388 g/mol. The van der Waals surface area contributed by atoms with Crippen LogP contribution in [0.4, 0.5) is 0 Å². The third kappa shape index (κ3) is 13.5. The lowest BCUT2D eigenvalue weighted by Crippen LogP contribution is -2.09. The molecule has 0 atom stereocenters. The topological polar surface area (TPSA) is 38.7 Å². The molecular weight excluding hydrogens is 346 g/mol. The Morgan fingerprint density at radius 2 is 1.29 bits per heavy atom. The number of rotatable bonds is 17. The SMILES string of the molecule is CCCCCCCCCCCCCC(CCCC(=O)Oc1ccccc1)=NC. The van der Waals surface area contributed by atoms with E-state index in [0.717, 1.165) is 19.3 Å². The van der Waals surface area contributed by atoms with Crippen LogP contribution in [0.5, 0.6) is 5.75 Å². The molecule has 0 spiro atoms. The van der Waals surface area contributed by atoms with Gasteiger partial charge < -0.3 is 4.74 Å². The molecule has 0 aliphatic carbocycles. The molecule has 0 heterocycles. The molecule has 0 radical (unpaired) electrons. The van der Waals surface area contributed by atoms with Gasteiger partial charge in [0.2, 0.25) is 0 Å². The standard InChI is InChI=1S/C25H41NO2/c1-3-4-5-6-7-8-9-10-11-12-14-18-23(26-2)19-17-22-25(27)28-24-20-15-13-16-21-24/h13,15-16,20-21H,3-12,14,17-19,22H2,1-2H3. The number of carbonyl (C=O) groups excluding carboxylic acids is 1. The first-order valence-corrected chi connectivity index (χ1v) is 11.5. The third-order valence-corrected chi connectivity index (χ3v) is 5.21. The zero-order valence-corrected chi connectivity index (χ0v) is 18.3. The van der Waals surface area contributed by atoms with Gasteiger partial charge in [-0.05, 0) is 37.8 Å². The number of ether oxygens (including phenoxy) is 1. The summed E-state index contributed by atoms with van der Waals surface area (Å²) < 4.78 is 5.32. The minimum atomic E-state index is -0.156. The quantitative estimate of drug-likeness (QED) is 0.120. The number of unbranched alkanes of at least 4 members (excludes halogenated alkanes) is 10. The molecule has 3 nitrogen and oxygen atoms in total. The van der Waals surface area contributed by atoms with E-state index in [1.165, 1.54) is 76.3 Å². The molecule has 3 heteroatoms. The van der Waals surface area contributed by atoms with Gasteiger partial charge in [0.1, 0.15) is 5.75 Å². The molecular formula is C25H41NO2. The van der Waals surface area contributed by atoms with E-state index in [1.807, 2.05) is 37.4 Å². The molecule has 0 aliphatic rings. The Hall–Kier alpha value is -1.64. The van der Waals surface area contributed by atoms with Gasteiger partial charge >= 0.3 is 5.97 Å². The molecule has 0 amide bonds. The summed E-state index contributed by atoms with van der Waals surface area (Å²) in [6, 6.07) is 9.28. The van der Waals surface area contributed by atoms with E-state index in [9.17, 15) is 4.79 Å². The van der Waals surface area contributed by atoms with Crippen molar-refractivity contribution in [2.24, 2.45) is 4.99 Å². The molecule has 0 saturated heterocycles. The van der Waals surface area contributed by atoms with Crippen LogP contribution in [0, 0.1) is 0 Å². The number of hydrogen-bond acceptors (Lipinski definition) is 3. The first-order chi connectivity index (χ1) is 13.8. The van der Waals surface area contributed by atoms with Crippen LogP contribution in [-0.2, 0) is 4.79 Å². The van der Waals surface area contributed by atoms with Gasteiger partial charge in [-0.3, -0.25) is 9.79 Å². The van der Waals surface area contributed by atoms with Gasteiger partial charge in [0.05, 0.1) is 0 Å². The van der Waals surface area contributed by atoms with Crippen molar-refractivity contribution in [2.45, 2.75) is 103 Å². The molecule has 28 heavy (non-hydrogen) atoms. The maximum atomic E-state index is 11.9. The van der Waals surface area contributed by atoms with Crippen LogP contribution in [0.15, 0.2) is 35.3 Å². The predicted molar refractivity (Wildman–Crippen MR) is 120 cm³/mol. The molecule has 158 valence electrons. The van der Waals surface area contributed by atoms with Crippen molar-refractivity contribution >= 4 is 11.7 Å². The van der Waals surface area contributed by atoms with Gasteiger partial charge in [0.15, 0.2) is 0 Å². The number of benzene rings is 1.